The normalized spacial score (nSPS) is 14.0. The number of ether oxygens (including phenoxy) is 2. The Hall–Kier alpha value is -3.20. The SMILES string of the molecule is O=C(Nc1ccc(N2CCOCC2)nc1)Oc1ccc([N+](=O)[O-])cc1. The number of non-ortho nitro benzene ring substituents is 1. The van der Waals surface area contributed by atoms with Crippen molar-refractivity contribution in [3.05, 3.63) is 52.7 Å². The highest BCUT2D eigenvalue weighted by molar-refractivity contribution is 5.86. The molecule has 1 amide bonds. The minimum Gasteiger partial charge on any atom is -0.410 e. The molecular formula is C16H16N4O5. The summed E-state index contributed by atoms with van der Waals surface area (Å²) in [4.78, 5) is 28.3. The third-order valence-corrected chi connectivity index (χ3v) is 3.59. The number of nitrogens with zero attached hydrogens (tertiary/aromatic N) is 3. The second-order valence-corrected chi connectivity index (χ2v) is 5.27. The number of pyridine rings is 1. The van der Waals surface area contributed by atoms with Gasteiger partial charge in [0.15, 0.2) is 0 Å². The van der Waals surface area contributed by atoms with Gasteiger partial charge in [0.25, 0.3) is 5.69 Å². The van der Waals surface area contributed by atoms with Gasteiger partial charge in [0.2, 0.25) is 0 Å². The van der Waals surface area contributed by atoms with E-state index in [0.29, 0.717) is 18.9 Å². The molecule has 3 rings (SSSR count). The maximum atomic E-state index is 11.9. The smallest absolute Gasteiger partial charge is 0.410 e. The first kappa shape index (κ1) is 16.7. The summed E-state index contributed by atoms with van der Waals surface area (Å²) in [6.45, 7) is 2.90. The maximum absolute atomic E-state index is 11.9. The van der Waals surface area contributed by atoms with Crippen molar-refractivity contribution in [1.82, 2.24) is 4.98 Å². The third kappa shape index (κ3) is 4.42. The van der Waals surface area contributed by atoms with E-state index in [1.807, 2.05) is 6.07 Å². The molecule has 0 bridgehead atoms. The van der Waals surface area contributed by atoms with Gasteiger partial charge in [-0.2, -0.15) is 0 Å². The first-order valence-corrected chi connectivity index (χ1v) is 7.64. The Kier molecular flexibility index (Phi) is 5.05. The average Bonchev–Trinajstić information content (AvgIpc) is 2.63. The van der Waals surface area contributed by atoms with Crippen LogP contribution in [0.2, 0.25) is 0 Å². The highest BCUT2D eigenvalue weighted by Gasteiger charge is 2.13. The van der Waals surface area contributed by atoms with E-state index >= 15 is 0 Å². The zero-order chi connectivity index (χ0) is 17.6. The summed E-state index contributed by atoms with van der Waals surface area (Å²) in [6, 6.07) is 8.79. The summed E-state index contributed by atoms with van der Waals surface area (Å²) in [5.41, 5.74) is 0.416. The van der Waals surface area contributed by atoms with Crippen molar-refractivity contribution in [3.63, 3.8) is 0 Å². The fourth-order valence-corrected chi connectivity index (χ4v) is 2.33. The molecule has 2 aromatic rings. The number of amides is 1. The van der Waals surface area contributed by atoms with Crippen LogP contribution in [-0.4, -0.2) is 42.3 Å². The molecule has 1 aromatic carbocycles. The van der Waals surface area contributed by atoms with Crippen LogP contribution in [0.4, 0.5) is 22.0 Å². The van der Waals surface area contributed by atoms with Crippen LogP contribution in [0.1, 0.15) is 0 Å². The lowest BCUT2D eigenvalue weighted by Gasteiger charge is -2.27. The lowest BCUT2D eigenvalue weighted by Crippen LogP contribution is -2.36. The Morgan fingerprint density at radius 2 is 1.92 bits per heavy atom. The number of morpholine rings is 1. The number of benzene rings is 1. The first-order chi connectivity index (χ1) is 12.1. The minimum atomic E-state index is -0.699. The van der Waals surface area contributed by atoms with E-state index in [1.165, 1.54) is 24.3 Å². The van der Waals surface area contributed by atoms with Gasteiger partial charge in [-0.3, -0.25) is 15.4 Å². The predicted molar refractivity (Wildman–Crippen MR) is 90.0 cm³/mol. The van der Waals surface area contributed by atoms with Gasteiger partial charge in [-0.15, -0.1) is 0 Å². The van der Waals surface area contributed by atoms with E-state index in [1.54, 1.807) is 12.3 Å². The second kappa shape index (κ2) is 7.58. The van der Waals surface area contributed by atoms with E-state index in [9.17, 15) is 14.9 Å². The molecule has 1 aromatic heterocycles. The molecule has 1 fully saturated rings. The number of carbonyl (C=O) groups is 1. The number of aromatic nitrogens is 1. The third-order valence-electron chi connectivity index (χ3n) is 3.59. The van der Waals surface area contributed by atoms with Crippen LogP contribution < -0.4 is 15.0 Å². The average molecular weight is 344 g/mol. The van der Waals surface area contributed by atoms with Crippen molar-refractivity contribution in [1.29, 1.82) is 0 Å². The molecule has 9 nitrogen and oxygen atoms in total. The lowest BCUT2D eigenvalue weighted by atomic mass is 10.3. The van der Waals surface area contributed by atoms with Crippen LogP contribution >= 0.6 is 0 Å². The van der Waals surface area contributed by atoms with E-state index in [4.69, 9.17) is 9.47 Å². The number of rotatable bonds is 4. The topological polar surface area (TPSA) is 107 Å². The number of hydrogen-bond acceptors (Lipinski definition) is 7. The number of nitrogens with one attached hydrogen (secondary N) is 1. The summed E-state index contributed by atoms with van der Waals surface area (Å²) in [7, 11) is 0. The summed E-state index contributed by atoms with van der Waals surface area (Å²) < 4.78 is 10.4. The summed E-state index contributed by atoms with van der Waals surface area (Å²) in [5.74, 6) is 1.03. The molecule has 0 atom stereocenters. The van der Waals surface area contributed by atoms with Gasteiger partial charge in [0.1, 0.15) is 11.6 Å². The number of carbonyl (C=O) groups excluding carboxylic acids is 1. The summed E-state index contributed by atoms with van der Waals surface area (Å²) >= 11 is 0. The van der Waals surface area contributed by atoms with Crippen molar-refractivity contribution < 1.29 is 19.2 Å². The Morgan fingerprint density at radius 3 is 2.52 bits per heavy atom. The van der Waals surface area contributed by atoms with E-state index in [-0.39, 0.29) is 11.4 Å². The van der Waals surface area contributed by atoms with Crippen LogP contribution in [0.5, 0.6) is 5.75 Å². The Bertz CT molecular complexity index is 742. The molecule has 9 heteroatoms. The lowest BCUT2D eigenvalue weighted by molar-refractivity contribution is -0.384. The van der Waals surface area contributed by atoms with Gasteiger partial charge in [0, 0.05) is 25.2 Å². The number of nitro benzene ring substituents is 1. The van der Waals surface area contributed by atoms with Crippen LogP contribution in [0.25, 0.3) is 0 Å². The Morgan fingerprint density at radius 1 is 1.20 bits per heavy atom. The van der Waals surface area contributed by atoms with Gasteiger partial charge in [-0.25, -0.2) is 9.78 Å². The number of anilines is 2. The molecule has 0 spiro atoms. The molecular weight excluding hydrogens is 328 g/mol. The Balaban J connectivity index is 1.56. The molecule has 0 saturated carbocycles. The fourth-order valence-electron chi connectivity index (χ4n) is 2.33. The molecule has 1 aliphatic rings. The molecule has 1 aliphatic heterocycles. The molecule has 0 aliphatic carbocycles. The van der Waals surface area contributed by atoms with Gasteiger partial charge in [-0.1, -0.05) is 0 Å². The number of hydrogen-bond donors (Lipinski definition) is 1. The Labute approximate surface area is 143 Å². The van der Waals surface area contributed by atoms with Crippen molar-refractivity contribution >= 4 is 23.3 Å². The highest BCUT2D eigenvalue weighted by Crippen LogP contribution is 2.19. The molecule has 1 saturated heterocycles. The molecule has 2 heterocycles. The fraction of sp³-hybridized carbons (Fsp3) is 0.250. The van der Waals surface area contributed by atoms with Crippen LogP contribution in [-0.2, 0) is 4.74 Å². The zero-order valence-electron chi connectivity index (χ0n) is 13.3. The van der Waals surface area contributed by atoms with Gasteiger partial charge >= 0.3 is 6.09 Å². The molecule has 130 valence electrons. The van der Waals surface area contributed by atoms with Crippen molar-refractivity contribution in [2.24, 2.45) is 0 Å². The quantitative estimate of drug-likeness (QED) is 0.670. The first-order valence-electron chi connectivity index (χ1n) is 7.64. The van der Waals surface area contributed by atoms with Crippen molar-refractivity contribution in [2.45, 2.75) is 0 Å². The van der Waals surface area contributed by atoms with Gasteiger partial charge < -0.3 is 14.4 Å². The highest BCUT2D eigenvalue weighted by atomic mass is 16.6. The summed E-state index contributed by atoms with van der Waals surface area (Å²) in [6.07, 6.45) is 0.844. The minimum absolute atomic E-state index is 0.0735. The molecule has 0 radical (unpaired) electrons. The standard InChI is InChI=1S/C16H16N4O5/c21-16(25-14-4-2-13(3-5-14)20(22)23)18-12-1-6-15(17-11-12)19-7-9-24-10-8-19/h1-6,11H,7-10H2,(H,18,21). The van der Waals surface area contributed by atoms with Crippen LogP contribution in [0.15, 0.2) is 42.6 Å². The van der Waals surface area contributed by atoms with E-state index in [2.05, 4.69) is 15.2 Å². The largest absolute Gasteiger partial charge is 0.417 e. The van der Waals surface area contributed by atoms with Crippen LogP contribution in [0.3, 0.4) is 0 Å². The van der Waals surface area contributed by atoms with Crippen molar-refractivity contribution in [3.8, 4) is 5.75 Å². The summed E-state index contributed by atoms with van der Waals surface area (Å²) in [5, 5.41) is 13.1. The molecule has 25 heavy (non-hydrogen) atoms. The van der Waals surface area contributed by atoms with E-state index < -0.39 is 11.0 Å². The monoisotopic (exact) mass is 344 g/mol. The predicted octanol–water partition coefficient (Wildman–Crippen LogP) is 2.44. The van der Waals surface area contributed by atoms with Crippen molar-refractivity contribution in [2.75, 3.05) is 36.5 Å². The molecule has 1 N–H and O–H groups in total. The van der Waals surface area contributed by atoms with Gasteiger partial charge in [-0.05, 0) is 24.3 Å². The second-order valence-electron chi connectivity index (χ2n) is 5.27. The maximum Gasteiger partial charge on any atom is 0.417 e. The number of nitro groups is 1. The zero-order valence-corrected chi connectivity index (χ0v) is 13.3. The van der Waals surface area contributed by atoms with E-state index in [0.717, 1.165) is 18.9 Å². The molecule has 0 unspecified atom stereocenters. The van der Waals surface area contributed by atoms with Crippen LogP contribution in [0, 0.1) is 10.1 Å². The van der Waals surface area contributed by atoms with Gasteiger partial charge in [0.05, 0.1) is 30.0 Å².